The number of nitrogens with one attached hydrogen (secondary N) is 1. The predicted molar refractivity (Wildman–Crippen MR) is 85.2 cm³/mol. The molecule has 18 heavy (non-hydrogen) atoms. The highest BCUT2D eigenvalue weighted by Gasteiger charge is 2.19. The molecule has 1 aromatic rings. The van der Waals surface area contributed by atoms with Crippen molar-refractivity contribution < 1.29 is 0 Å². The molecule has 1 aromatic carbocycles. The van der Waals surface area contributed by atoms with Crippen molar-refractivity contribution in [2.24, 2.45) is 5.92 Å². The lowest BCUT2D eigenvalue weighted by molar-refractivity contribution is 0.411. The van der Waals surface area contributed by atoms with E-state index >= 15 is 0 Å². The Morgan fingerprint density at radius 3 is 2.39 bits per heavy atom. The molecule has 0 aliphatic rings. The van der Waals surface area contributed by atoms with Crippen molar-refractivity contribution in [3.63, 3.8) is 0 Å². The molecular formula is C14H21Cl2NS. The van der Waals surface area contributed by atoms with Gasteiger partial charge in [0.1, 0.15) is 0 Å². The van der Waals surface area contributed by atoms with Crippen LogP contribution in [0.3, 0.4) is 0 Å². The van der Waals surface area contributed by atoms with Crippen molar-refractivity contribution in [3.8, 4) is 0 Å². The molecule has 2 unspecified atom stereocenters. The normalized spacial score (nSPS) is 14.5. The van der Waals surface area contributed by atoms with Gasteiger partial charge in [-0.1, -0.05) is 43.1 Å². The molecule has 1 N–H and O–H groups in total. The first kappa shape index (κ1) is 16.2. The molecule has 0 saturated heterocycles. The van der Waals surface area contributed by atoms with Crippen LogP contribution in [0.4, 0.5) is 0 Å². The third-order valence-corrected chi connectivity index (χ3v) is 4.64. The minimum Gasteiger partial charge on any atom is -0.314 e. The van der Waals surface area contributed by atoms with Gasteiger partial charge in [0.25, 0.3) is 0 Å². The van der Waals surface area contributed by atoms with E-state index < -0.39 is 0 Å². The first-order valence-electron chi connectivity index (χ1n) is 6.25. The summed E-state index contributed by atoms with van der Waals surface area (Å²) >= 11 is 14.4. The number of benzene rings is 1. The van der Waals surface area contributed by atoms with Crippen LogP contribution < -0.4 is 5.32 Å². The van der Waals surface area contributed by atoms with Crippen molar-refractivity contribution >= 4 is 35.0 Å². The van der Waals surface area contributed by atoms with Gasteiger partial charge in [-0.3, -0.25) is 0 Å². The molecule has 0 heterocycles. The second-order valence-electron chi connectivity index (χ2n) is 4.50. The minimum absolute atomic E-state index is 0.417. The van der Waals surface area contributed by atoms with E-state index in [4.69, 9.17) is 23.2 Å². The highest BCUT2D eigenvalue weighted by Crippen LogP contribution is 2.27. The van der Waals surface area contributed by atoms with Gasteiger partial charge < -0.3 is 5.32 Å². The van der Waals surface area contributed by atoms with Crippen LogP contribution in [0, 0.1) is 5.92 Å². The van der Waals surface area contributed by atoms with E-state index in [0.29, 0.717) is 12.0 Å². The SMILES string of the molecule is CCNC(Cc1c(Cl)cccc1Cl)C(C)CSC. The molecule has 0 aromatic heterocycles. The Morgan fingerprint density at radius 2 is 1.89 bits per heavy atom. The fraction of sp³-hybridized carbons (Fsp3) is 0.571. The summed E-state index contributed by atoms with van der Waals surface area (Å²) in [5.74, 6) is 1.73. The molecular weight excluding hydrogens is 285 g/mol. The third kappa shape index (κ3) is 4.65. The van der Waals surface area contributed by atoms with Gasteiger partial charge in [-0.2, -0.15) is 11.8 Å². The summed E-state index contributed by atoms with van der Waals surface area (Å²) in [7, 11) is 0. The lowest BCUT2D eigenvalue weighted by Gasteiger charge is -2.25. The Bertz CT molecular complexity index is 351. The smallest absolute Gasteiger partial charge is 0.0453 e. The van der Waals surface area contributed by atoms with E-state index in [2.05, 4.69) is 25.4 Å². The monoisotopic (exact) mass is 305 g/mol. The third-order valence-electron chi connectivity index (χ3n) is 3.07. The molecule has 0 radical (unpaired) electrons. The van der Waals surface area contributed by atoms with E-state index in [0.717, 1.165) is 34.3 Å². The molecule has 0 amide bonds. The molecule has 1 rings (SSSR count). The van der Waals surface area contributed by atoms with E-state index in [1.807, 2.05) is 30.0 Å². The topological polar surface area (TPSA) is 12.0 Å². The molecule has 1 nitrogen and oxygen atoms in total. The Kier molecular flexibility index (Phi) is 7.47. The molecule has 4 heteroatoms. The zero-order valence-electron chi connectivity index (χ0n) is 11.2. The zero-order chi connectivity index (χ0) is 13.5. The van der Waals surface area contributed by atoms with Gasteiger partial charge >= 0.3 is 0 Å². The Labute approximate surface area is 125 Å². The maximum atomic E-state index is 6.24. The van der Waals surface area contributed by atoms with Crippen molar-refractivity contribution in [2.45, 2.75) is 26.3 Å². The second kappa shape index (κ2) is 8.31. The molecule has 2 atom stereocenters. The zero-order valence-corrected chi connectivity index (χ0v) is 13.5. The Hall–Kier alpha value is 0.110. The average molecular weight is 306 g/mol. The Morgan fingerprint density at radius 1 is 1.28 bits per heavy atom. The summed E-state index contributed by atoms with van der Waals surface area (Å²) in [6.45, 7) is 5.37. The summed E-state index contributed by atoms with van der Waals surface area (Å²) in [5.41, 5.74) is 1.06. The van der Waals surface area contributed by atoms with Crippen molar-refractivity contribution in [1.29, 1.82) is 0 Å². The van der Waals surface area contributed by atoms with Gasteiger partial charge in [0.05, 0.1) is 0 Å². The minimum atomic E-state index is 0.417. The highest BCUT2D eigenvalue weighted by atomic mass is 35.5. The maximum absolute atomic E-state index is 6.24. The van der Waals surface area contributed by atoms with Gasteiger partial charge in [0.15, 0.2) is 0 Å². The quantitative estimate of drug-likeness (QED) is 0.795. The first-order valence-corrected chi connectivity index (χ1v) is 8.40. The molecule has 0 aliphatic carbocycles. The van der Waals surface area contributed by atoms with E-state index in [1.54, 1.807) is 0 Å². The van der Waals surface area contributed by atoms with E-state index in [9.17, 15) is 0 Å². The standard InChI is InChI=1S/C14H21Cl2NS/c1-4-17-14(10(2)9-18-3)8-11-12(15)6-5-7-13(11)16/h5-7,10,14,17H,4,8-9H2,1-3H3. The largest absolute Gasteiger partial charge is 0.314 e. The number of halogens is 2. The predicted octanol–water partition coefficient (Wildman–Crippen LogP) is 4.51. The van der Waals surface area contributed by atoms with Crippen LogP contribution >= 0.6 is 35.0 Å². The lowest BCUT2D eigenvalue weighted by atomic mass is 9.96. The second-order valence-corrected chi connectivity index (χ2v) is 6.23. The van der Waals surface area contributed by atoms with Gasteiger partial charge in [0, 0.05) is 16.1 Å². The summed E-state index contributed by atoms with van der Waals surface area (Å²) in [6.07, 6.45) is 3.02. The number of hydrogen-bond acceptors (Lipinski definition) is 2. The molecule has 0 bridgehead atoms. The summed E-state index contributed by atoms with van der Waals surface area (Å²) in [5, 5.41) is 5.07. The summed E-state index contributed by atoms with van der Waals surface area (Å²) in [6, 6.07) is 6.12. The molecule has 0 spiro atoms. The fourth-order valence-electron chi connectivity index (χ4n) is 2.06. The van der Waals surface area contributed by atoms with Crippen LogP contribution in [0.15, 0.2) is 18.2 Å². The van der Waals surface area contributed by atoms with E-state index in [1.165, 1.54) is 0 Å². The Balaban J connectivity index is 2.82. The van der Waals surface area contributed by atoms with E-state index in [-0.39, 0.29) is 0 Å². The van der Waals surface area contributed by atoms with Crippen LogP contribution in [0.5, 0.6) is 0 Å². The van der Waals surface area contributed by atoms with Crippen LogP contribution in [0.2, 0.25) is 10.0 Å². The number of hydrogen-bond donors (Lipinski definition) is 1. The average Bonchev–Trinajstić information content (AvgIpc) is 2.33. The van der Waals surface area contributed by atoms with Gasteiger partial charge in [-0.05, 0) is 48.6 Å². The maximum Gasteiger partial charge on any atom is 0.0453 e. The number of thioether (sulfide) groups is 1. The van der Waals surface area contributed by atoms with Crippen LogP contribution in [0.1, 0.15) is 19.4 Å². The van der Waals surface area contributed by atoms with Crippen LogP contribution in [-0.2, 0) is 6.42 Å². The van der Waals surface area contributed by atoms with Gasteiger partial charge in [-0.15, -0.1) is 0 Å². The van der Waals surface area contributed by atoms with Crippen molar-refractivity contribution in [2.75, 3.05) is 18.6 Å². The fourth-order valence-corrected chi connectivity index (χ4v) is 3.37. The highest BCUT2D eigenvalue weighted by molar-refractivity contribution is 7.98. The molecule has 0 aliphatic heterocycles. The molecule has 102 valence electrons. The van der Waals surface area contributed by atoms with Crippen molar-refractivity contribution in [3.05, 3.63) is 33.8 Å². The lowest BCUT2D eigenvalue weighted by Crippen LogP contribution is -2.38. The van der Waals surface area contributed by atoms with Crippen molar-refractivity contribution in [1.82, 2.24) is 5.32 Å². The van der Waals surface area contributed by atoms with Gasteiger partial charge in [-0.25, -0.2) is 0 Å². The molecule has 0 saturated carbocycles. The first-order chi connectivity index (χ1) is 8.60. The van der Waals surface area contributed by atoms with Crippen LogP contribution in [-0.4, -0.2) is 24.6 Å². The van der Waals surface area contributed by atoms with Gasteiger partial charge in [0.2, 0.25) is 0 Å². The number of likely N-dealkylation sites (N-methyl/N-ethyl adjacent to an activating group) is 1. The van der Waals surface area contributed by atoms with Crippen LogP contribution in [0.25, 0.3) is 0 Å². The number of rotatable bonds is 7. The summed E-state index contributed by atoms with van der Waals surface area (Å²) < 4.78 is 0. The summed E-state index contributed by atoms with van der Waals surface area (Å²) in [4.78, 5) is 0. The molecule has 0 fully saturated rings.